The molecule has 0 amide bonds. The van der Waals surface area contributed by atoms with Crippen molar-refractivity contribution in [1.29, 1.82) is 0 Å². The van der Waals surface area contributed by atoms with E-state index in [0.717, 1.165) is 24.8 Å². The standard InChI is InChI=1S/C15H15FO/c16-14-9-7-12(8-10-14)5-6-13-3-1-2-4-15(17)11-13/h7-10,13H,1-4,11H2/t13-/m1/s1. The van der Waals surface area contributed by atoms with E-state index in [-0.39, 0.29) is 11.7 Å². The van der Waals surface area contributed by atoms with E-state index in [1.165, 1.54) is 12.1 Å². The third-order valence-electron chi connectivity index (χ3n) is 3.00. The molecule has 2 rings (SSSR count). The molecule has 1 saturated carbocycles. The van der Waals surface area contributed by atoms with Crippen LogP contribution in [-0.2, 0) is 4.79 Å². The molecular formula is C15H15FO. The van der Waals surface area contributed by atoms with Crippen LogP contribution in [-0.4, -0.2) is 5.78 Å². The van der Waals surface area contributed by atoms with Gasteiger partial charge in [0.15, 0.2) is 0 Å². The summed E-state index contributed by atoms with van der Waals surface area (Å²) in [5.74, 6) is 6.40. The predicted octanol–water partition coefficient (Wildman–Crippen LogP) is 3.33. The average molecular weight is 230 g/mol. The van der Waals surface area contributed by atoms with E-state index in [2.05, 4.69) is 11.8 Å². The Hall–Kier alpha value is -1.62. The molecule has 0 N–H and O–H groups in total. The van der Waals surface area contributed by atoms with Crippen LogP contribution in [0.2, 0.25) is 0 Å². The summed E-state index contributed by atoms with van der Waals surface area (Å²) in [6.07, 6.45) is 4.35. The molecule has 0 unspecified atom stereocenters. The first-order chi connectivity index (χ1) is 8.24. The third kappa shape index (κ3) is 3.71. The minimum atomic E-state index is -0.250. The first-order valence-electron chi connectivity index (χ1n) is 6.03. The van der Waals surface area contributed by atoms with Gasteiger partial charge < -0.3 is 0 Å². The van der Waals surface area contributed by atoms with Crippen molar-refractivity contribution in [3.8, 4) is 11.8 Å². The zero-order valence-corrected chi connectivity index (χ0v) is 9.71. The molecule has 1 aliphatic carbocycles. The van der Waals surface area contributed by atoms with Crippen molar-refractivity contribution in [2.45, 2.75) is 32.1 Å². The van der Waals surface area contributed by atoms with Crippen molar-refractivity contribution in [2.24, 2.45) is 5.92 Å². The SMILES string of the molecule is O=C1CCCC[C@H](C#Cc2ccc(F)cc2)C1. The molecule has 0 heterocycles. The van der Waals surface area contributed by atoms with Gasteiger partial charge in [0, 0.05) is 24.3 Å². The van der Waals surface area contributed by atoms with Gasteiger partial charge in [0.2, 0.25) is 0 Å². The van der Waals surface area contributed by atoms with Crippen molar-refractivity contribution in [2.75, 3.05) is 0 Å². The molecule has 1 atom stereocenters. The van der Waals surface area contributed by atoms with Crippen LogP contribution in [0.5, 0.6) is 0 Å². The van der Waals surface area contributed by atoms with E-state index in [4.69, 9.17) is 0 Å². The molecule has 1 aromatic carbocycles. The Labute approximate surface area is 101 Å². The zero-order valence-electron chi connectivity index (χ0n) is 9.71. The summed E-state index contributed by atoms with van der Waals surface area (Å²) < 4.78 is 12.7. The maximum absolute atomic E-state index is 12.7. The van der Waals surface area contributed by atoms with Crippen molar-refractivity contribution in [1.82, 2.24) is 0 Å². The van der Waals surface area contributed by atoms with Crippen LogP contribution >= 0.6 is 0 Å². The van der Waals surface area contributed by atoms with Gasteiger partial charge in [-0.1, -0.05) is 18.3 Å². The summed E-state index contributed by atoms with van der Waals surface area (Å²) in [6.45, 7) is 0. The van der Waals surface area contributed by atoms with E-state index in [9.17, 15) is 9.18 Å². The van der Waals surface area contributed by atoms with Crippen molar-refractivity contribution >= 4 is 5.78 Å². The molecule has 2 heteroatoms. The number of halogens is 1. The first-order valence-corrected chi connectivity index (χ1v) is 6.03. The molecule has 1 fully saturated rings. The number of Topliss-reactive ketones (excluding diaryl/α,β-unsaturated/α-hetero) is 1. The summed E-state index contributed by atoms with van der Waals surface area (Å²) >= 11 is 0. The smallest absolute Gasteiger partial charge is 0.134 e. The molecule has 0 spiro atoms. The van der Waals surface area contributed by atoms with Crippen LogP contribution in [0.3, 0.4) is 0 Å². The van der Waals surface area contributed by atoms with E-state index < -0.39 is 0 Å². The number of carbonyl (C=O) groups excluding carboxylic acids is 1. The van der Waals surface area contributed by atoms with Crippen LogP contribution in [0.15, 0.2) is 24.3 Å². The number of rotatable bonds is 0. The lowest BCUT2D eigenvalue weighted by atomic mass is 10.0. The lowest BCUT2D eigenvalue weighted by Crippen LogP contribution is -2.02. The Morgan fingerprint density at radius 1 is 1.18 bits per heavy atom. The van der Waals surface area contributed by atoms with Gasteiger partial charge in [-0.05, 0) is 37.1 Å². The van der Waals surface area contributed by atoms with E-state index in [0.29, 0.717) is 18.6 Å². The van der Waals surface area contributed by atoms with Gasteiger partial charge >= 0.3 is 0 Å². The lowest BCUT2D eigenvalue weighted by molar-refractivity contribution is -0.119. The molecule has 0 aromatic heterocycles. The first kappa shape index (κ1) is 11.9. The highest BCUT2D eigenvalue weighted by atomic mass is 19.1. The minimum Gasteiger partial charge on any atom is -0.300 e. The fraction of sp³-hybridized carbons (Fsp3) is 0.400. The van der Waals surface area contributed by atoms with Gasteiger partial charge in [0.1, 0.15) is 11.6 Å². The molecule has 1 aromatic rings. The van der Waals surface area contributed by atoms with Gasteiger partial charge in [-0.25, -0.2) is 4.39 Å². The predicted molar refractivity (Wildman–Crippen MR) is 64.9 cm³/mol. The Morgan fingerprint density at radius 2 is 1.94 bits per heavy atom. The number of carbonyl (C=O) groups is 1. The van der Waals surface area contributed by atoms with Crippen LogP contribution in [0.1, 0.15) is 37.7 Å². The maximum atomic E-state index is 12.7. The zero-order chi connectivity index (χ0) is 12.1. The Kier molecular flexibility index (Phi) is 3.93. The summed E-state index contributed by atoms with van der Waals surface area (Å²) in [6, 6.07) is 6.15. The second-order valence-corrected chi connectivity index (χ2v) is 4.46. The van der Waals surface area contributed by atoms with E-state index in [1.54, 1.807) is 12.1 Å². The second kappa shape index (κ2) is 5.63. The van der Waals surface area contributed by atoms with Gasteiger partial charge in [-0.15, -0.1) is 0 Å². The van der Waals surface area contributed by atoms with Crippen molar-refractivity contribution in [3.63, 3.8) is 0 Å². The normalized spacial score (nSPS) is 20.3. The fourth-order valence-corrected chi connectivity index (χ4v) is 2.03. The van der Waals surface area contributed by atoms with Gasteiger partial charge in [-0.2, -0.15) is 0 Å². The Balaban J connectivity index is 2.04. The monoisotopic (exact) mass is 230 g/mol. The molecule has 1 aliphatic rings. The van der Waals surface area contributed by atoms with Gasteiger partial charge in [0.05, 0.1) is 0 Å². The molecule has 0 saturated heterocycles. The Bertz CT molecular complexity index is 450. The van der Waals surface area contributed by atoms with Gasteiger partial charge in [-0.3, -0.25) is 4.79 Å². The fourth-order valence-electron chi connectivity index (χ4n) is 2.03. The second-order valence-electron chi connectivity index (χ2n) is 4.46. The van der Waals surface area contributed by atoms with Gasteiger partial charge in [0.25, 0.3) is 0 Å². The number of benzene rings is 1. The van der Waals surface area contributed by atoms with E-state index >= 15 is 0 Å². The molecule has 0 bridgehead atoms. The van der Waals surface area contributed by atoms with Crippen LogP contribution in [0, 0.1) is 23.6 Å². The molecule has 1 nitrogen and oxygen atoms in total. The minimum absolute atomic E-state index is 0.176. The largest absolute Gasteiger partial charge is 0.300 e. The number of hydrogen-bond acceptors (Lipinski definition) is 1. The lowest BCUT2D eigenvalue weighted by Gasteiger charge is -2.03. The topological polar surface area (TPSA) is 17.1 Å². The molecule has 0 radical (unpaired) electrons. The summed E-state index contributed by atoms with van der Waals surface area (Å²) in [4.78, 5) is 11.4. The average Bonchev–Trinajstić information content (AvgIpc) is 2.53. The molecule has 0 aliphatic heterocycles. The number of hydrogen-bond donors (Lipinski definition) is 0. The Morgan fingerprint density at radius 3 is 2.71 bits per heavy atom. The van der Waals surface area contributed by atoms with Crippen molar-refractivity contribution < 1.29 is 9.18 Å². The quantitative estimate of drug-likeness (QED) is 0.493. The summed E-state index contributed by atoms with van der Waals surface area (Å²) in [7, 11) is 0. The highest BCUT2D eigenvalue weighted by Gasteiger charge is 2.15. The van der Waals surface area contributed by atoms with E-state index in [1.807, 2.05) is 0 Å². The number of ketones is 1. The molecular weight excluding hydrogens is 215 g/mol. The van der Waals surface area contributed by atoms with Crippen LogP contribution in [0.25, 0.3) is 0 Å². The van der Waals surface area contributed by atoms with Crippen LogP contribution < -0.4 is 0 Å². The summed E-state index contributed by atoms with van der Waals surface area (Å²) in [5.41, 5.74) is 0.808. The molecule has 17 heavy (non-hydrogen) atoms. The maximum Gasteiger partial charge on any atom is 0.134 e. The summed E-state index contributed by atoms with van der Waals surface area (Å²) in [5, 5.41) is 0. The van der Waals surface area contributed by atoms with Crippen LogP contribution in [0.4, 0.5) is 4.39 Å². The highest BCUT2D eigenvalue weighted by Crippen LogP contribution is 2.20. The third-order valence-corrected chi connectivity index (χ3v) is 3.00. The highest BCUT2D eigenvalue weighted by molar-refractivity contribution is 5.79. The van der Waals surface area contributed by atoms with Crippen molar-refractivity contribution in [3.05, 3.63) is 35.6 Å². The molecule has 88 valence electrons.